The molecular formula is C10H11Cl3S. The molecule has 2 rings (SSSR count). The molecule has 0 aliphatic carbocycles. The monoisotopic (exact) mass is 268 g/mol. The number of hydrogen-bond acceptors (Lipinski definition) is 1. The molecule has 0 saturated heterocycles. The Hall–Kier alpha value is 0.0500. The van der Waals surface area contributed by atoms with E-state index in [4.69, 9.17) is 23.2 Å². The predicted octanol–water partition coefficient (Wildman–Crippen LogP) is 4.79. The van der Waals surface area contributed by atoms with E-state index in [1.165, 1.54) is 10.1 Å². The van der Waals surface area contributed by atoms with Crippen molar-refractivity contribution >= 4 is 57.0 Å². The number of thiophene rings is 1. The summed E-state index contributed by atoms with van der Waals surface area (Å²) in [6, 6.07) is 10.5. The third-order valence-electron chi connectivity index (χ3n) is 1.43. The van der Waals surface area contributed by atoms with Crippen molar-refractivity contribution in [3.63, 3.8) is 0 Å². The van der Waals surface area contributed by atoms with Crippen LogP contribution in [0.5, 0.6) is 0 Å². The van der Waals surface area contributed by atoms with Crippen molar-refractivity contribution in [1.29, 1.82) is 0 Å². The Balaban J connectivity index is 0.000000299. The minimum Gasteiger partial charge on any atom is -0.147 e. The number of halogens is 3. The standard InChI is InChI=1S/C8H6S.C2H4Cl2.ClH/c1-2-4-8-7(3-1)5-6-9-8;3-1-2-4;/h1-6H;1-2H2;1H. The van der Waals surface area contributed by atoms with Crippen molar-refractivity contribution in [1.82, 2.24) is 0 Å². The minimum absolute atomic E-state index is 0. The first-order valence-electron chi connectivity index (χ1n) is 3.92. The van der Waals surface area contributed by atoms with Gasteiger partial charge < -0.3 is 0 Å². The van der Waals surface area contributed by atoms with Crippen LogP contribution in [0.25, 0.3) is 10.1 Å². The summed E-state index contributed by atoms with van der Waals surface area (Å²) in [5, 5.41) is 3.47. The molecule has 0 bridgehead atoms. The summed E-state index contributed by atoms with van der Waals surface area (Å²) in [6.07, 6.45) is 0. The van der Waals surface area contributed by atoms with Crippen LogP contribution in [0.15, 0.2) is 35.7 Å². The fourth-order valence-corrected chi connectivity index (χ4v) is 1.70. The normalized spacial score (nSPS) is 8.71. The lowest BCUT2D eigenvalue weighted by atomic mass is 10.3. The Morgan fingerprint density at radius 1 is 1.00 bits per heavy atom. The van der Waals surface area contributed by atoms with Gasteiger partial charge in [-0.25, -0.2) is 0 Å². The molecule has 0 atom stereocenters. The summed E-state index contributed by atoms with van der Waals surface area (Å²) in [7, 11) is 0. The summed E-state index contributed by atoms with van der Waals surface area (Å²) >= 11 is 11.9. The predicted molar refractivity (Wildman–Crippen MR) is 70.5 cm³/mol. The zero-order valence-corrected chi connectivity index (χ0v) is 10.6. The van der Waals surface area contributed by atoms with Gasteiger partial charge in [0, 0.05) is 16.5 Å². The van der Waals surface area contributed by atoms with Crippen molar-refractivity contribution in [2.75, 3.05) is 11.8 Å². The molecule has 0 aliphatic rings. The van der Waals surface area contributed by atoms with Gasteiger partial charge in [-0.2, -0.15) is 0 Å². The van der Waals surface area contributed by atoms with E-state index in [1.54, 1.807) is 11.3 Å². The maximum atomic E-state index is 5.05. The highest BCUT2D eigenvalue weighted by Crippen LogP contribution is 2.18. The van der Waals surface area contributed by atoms with Crippen molar-refractivity contribution in [3.05, 3.63) is 35.7 Å². The van der Waals surface area contributed by atoms with Gasteiger partial charge in [0.15, 0.2) is 0 Å². The molecule has 0 unspecified atom stereocenters. The number of hydrogen-bond donors (Lipinski definition) is 0. The van der Waals surface area contributed by atoms with E-state index < -0.39 is 0 Å². The van der Waals surface area contributed by atoms with Gasteiger partial charge >= 0.3 is 0 Å². The van der Waals surface area contributed by atoms with Gasteiger partial charge in [0.1, 0.15) is 0 Å². The first kappa shape index (κ1) is 14.1. The largest absolute Gasteiger partial charge is 0.147 e. The average molecular weight is 270 g/mol. The van der Waals surface area contributed by atoms with E-state index in [2.05, 4.69) is 35.7 Å². The first-order valence-corrected chi connectivity index (χ1v) is 5.87. The third-order valence-corrected chi connectivity index (χ3v) is 2.90. The van der Waals surface area contributed by atoms with Gasteiger partial charge in [-0.1, -0.05) is 18.2 Å². The van der Waals surface area contributed by atoms with Gasteiger partial charge in [-0.05, 0) is 22.9 Å². The van der Waals surface area contributed by atoms with E-state index in [0.29, 0.717) is 11.8 Å². The van der Waals surface area contributed by atoms with E-state index in [0.717, 1.165) is 0 Å². The Labute approximate surface area is 104 Å². The smallest absolute Gasteiger partial charge is 0.0359 e. The second-order valence-electron chi connectivity index (χ2n) is 2.34. The van der Waals surface area contributed by atoms with Crippen molar-refractivity contribution in [2.24, 2.45) is 0 Å². The van der Waals surface area contributed by atoms with E-state index >= 15 is 0 Å². The van der Waals surface area contributed by atoms with Crippen LogP contribution in [-0.4, -0.2) is 11.8 Å². The first-order chi connectivity index (χ1) is 6.38. The Morgan fingerprint density at radius 2 is 1.64 bits per heavy atom. The van der Waals surface area contributed by atoms with Crippen LogP contribution in [0.1, 0.15) is 0 Å². The summed E-state index contributed by atoms with van der Waals surface area (Å²) in [4.78, 5) is 0. The number of fused-ring (bicyclic) bond motifs is 1. The molecule has 1 aromatic heterocycles. The molecule has 4 heteroatoms. The number of alkyl halides is 2. The summed E-state index contributed by atoms with van der Waals surface area (Å²) < 4.78 is 1.37. The molecule has 1 aromatic carbocycles. The van der Waals surface area contributed by atoms with Gasteiger partial charge in [0.2, 0.25) is 0 Å². The molecule has 14 heavy (non-hydrogen) atoms. The molecule has 0 saturated carbocycles. The fourth-order valence-electron chi connectivity index (χ4n) is 0.906. The Morgan fingerprint density at radius 3 is 2.21 bits per heavy atom. The highest BCUT2D eigenvalue weighted by atomic mass is 35.5. The van der Waals surface area contributed by atoms with Crippen LogP contribution >= 0.6 is 46.9 Å². The fraction of sp³-hybridized carbons (Fsp3) is 0.200. The van der Waals surface area contributed by atoms with Crippen LogP contribution in [-0.2, 0) is 0 Å². The van der Waals surface area contributed by atoms with Crippen molar-refractivity contribution in [2.45, 2.75) is 0 Å². The molecule has 78 valence electrons. The van der Waals surface area contributed by atoms with Gasteiger partial charge in [-0.15, -0.1) is 46.9 Å². The van der Waals surface area contributed by atoms with Gasteiger partial charge in [0.05, 0.1) is 0 Å². The lowest BCUT2D eigenvalue weighted by Crippen LogP contribution is -1.63. The molecule has 0 nitrogen and oxygen atoms in total. The second-order valence-corrected chi connectivity index (χ2v) is 4.04. The third kappa shape index (κ3) is 4.52. The number of rotatable bonds is 1. The SMILES string of the molecule is Cl.ClCCCl.c1ccc2sccc2c1. The molecule has 0 radical (unpaired) electrons. The Bertz CT molecular complexity index is 313. The molecule has 1 heterocycles. The maximum Gasteiger partial charge on any atom is 0.0359 e. The second kappa shape index (κ2) is 8.37. The van der Waals surface area contributed by atoms with Crippen LogP contribution in [0, 0.1) is 0 Å². The zero-order chi connectivity index (χ0) is 9.52. The average Bonchev–Trinajstić information content (AvgIpc) is 2.66. The van der Waals surface area contributed by atoms with Crippen LogP contribution in [0.3, 0.4) is 0 Å². The van der Waals surface area contributed by atoms with E-state index in [-0.39, 0.29) is 12.4 Å². The van der Waals surface area contributed by atoms with Crippen molar-refractivity contribution < 1.29 is 0 Å². The Kier molecular flexibility index (Phi) is 8.40. The molecule has 0 spiro atoms. The summed E-state index contributed by atoms with van der Waals surface area (Å²) in [5.74, 6) is 1.11. The molecular weight excluding hydrogens is 259 g/mol. The molecule has 0 amide bonds. The highest BCUT2D eigenvalue weighted by molar-refractivity contribution is 7.17. The van der Waals surface area contributed by atoms with Crippen molar-refractivity contribution in [3.8, 4) is 0 Å². The molecule has 0 fully saturated rings. The lowest BCUT2D eigenvalue weighted by Gasteiger charge is -1.82. The maximum absolute atomic E-state index is 5.05. The van der Waals surface area contributed by atoms with E-state index in [9.17, 15) is 0 Å². The highest BCUT2D eigenvalue weighted by Gasteiger charge is 1.87. The summed E-state index contributed by atoms with van der Waals surface area (Å²) in [5.41, 5.74) is 0. The lowest BCUT2D eigenvalue weighted by molar-refractivity contribution is 1.52. The van der Waals surface area contributed by atoms with Gasteiger partial charge in [0.25, 0.3) is 0 Å². The molecule has 0 aliphatic heterocycles. The quantitative estimate of drug-likeness (QED) is 0.653. The van der Waals surface area contributed by atoms with Crippen LogP contribution < -0.4 is 0 Å². The zero-order valence-electron chi connectivity index (χ0n) is 7.45. The van der Waals surface area contributed by atoms with Crippen LogP contribution in [0.2, 0.25) is 0 Å². The number of benzene rings is 1. The van der Waals surface area contributed by atoms with E-state index in [1.807, 2.05) is 0 Å². The molecule has 0 N–H and O–H groups in total. The van der Waals surface area contributed by atoms with Gasteiger partial charge in [-0.3, -0.25) is 0 Å². The van der Waals surface area contributed by atoms with Crippen LogP contribution in [0.4, 0.5) is 0 Å². The topological polar surface area (TPSA) is 0 Å². The summed E-state index contributed by atoms with van der Waals surface area (Å²) in [6.45, 7) is 0. The minimum atomic E-state index is 0. The molecule has 2 aromatic rings.